The molecule has 0 atom stereocenters. The van der Waals surface area contributed by atoms with E-state index in [9.17, 15) is 4.79 Å². The van der Waals surface area contributed by atoms with Crippen LogP contribution in [-0.2, 0) is 11.2 Å². The maximum atomic E-state index is 11.4. The number of nitrogens with zero attached hydrogens (tertiary/aromatic N) is 1. The Morgan fingerprint density at radius 2 is 1.67 bits per heavy atom. The third-order valence-electron chi connectivity index (χ3n) is 3.71. The second-order valence-electron chi connectivity index (χ2n) is 5.53. The monoisotopic (exact) mass is 483 g/mol. The largest absolute Gasteiger partial charge is 0.492 e. The van der Waals surface area contributed by atoms with Gasteiger partial charge in [0.2, 0.25) is 0 Å². The maximum Gasteiger partial charge on any atom is 0.337 e. The molecule has 6 nitrogen and oxygen atoms in total. The molecule has 0 saturated carbocycles. The van der Waals surface area contributed by atoms with Crippen molar-refractivity contribution in [1.82, 2.24) is 10.6 Å². The number of halogens is 1. The number of nitrogens with one attached hydrogen (secondary N) is 2. The minimum atomic E-state index is -0.322. The van der Waals surface area contributed by atoms with Crippen molar-refractivity contribution in [2.45, 2.75) is 6.42 Å². The Bertz CT molecular complexity index is 706. The zero-order chi connectivity index (χ0) is 18.6. The zero-order valence-corrected chi connectivity index (χ0v) is 17.9. The summed E-state index contributed by atoms with van der Waals surface area (Å²) in [5.41, 5.74) is 1.69. The third kappa shape index (κ3) is 8.29. The van der Waals surface area contributed by atoms with E-state index in [-0.39, 0.29) is 29.9 Å². The number of rotatable bonds is 8. The van der Waals surface area contributed by atoms with Crippen LogP contribution in [0.3, 0.4) is 0 Å². The second-order valence-corrected chi connectivity index (χ2v) is 5.53. The SMILES string of the molecule is CN=C(NCCOc1ccccc1)NCCc1ccc(C(=O)OC)cc1.I. The van der Waals surface area contributed by atoms with Gasteiger partial charge in [0, 0.05) is 13.6 Å². The summed E-state index contributed by atoms with van der Waals surface area (Å²) in [5.74, 6) is 1.26. The van der Waals surface area contributed by atoms with Gasteiger partial charge in [-0.2, -0.15) is 0 Å². The number of aliphatic imine (C=N–C) groups is 1. The molecule has 27 heavy (non-hydrogen) atoms. The van der Waals surface area contributed by atoms with Gasteiger partial charge in [-0.3, -0.25) is 4.99 Å². The van der Waals surface area contributed by atoms with Crippen LogP contribution in [0.2, 0.25) is 0 Å². The fraction of sp³-hybridized carbons (Fsp3) is 0.300. The second kappa shape index (κ2) is 13.0. The number of para-hydroxylation sites is 1. The fourth-order valence-electron chi connectivity index (χ4n) is 2.33. The Labute approximate surface area is 177 Å². The van der Waals surface area contributed by atoms with Crippen LogP contribution < -0.4 is 15.4 Å². The molecule has 0 unspecified atom stereocenters. The predicted octanol–water partition coefficient (Wildman–Crippen LogP) is 2.88. The summed E-state index contributed by atoms with van der Waals surface area (Å²) < 4.78 is 10.3. The molecule has 0 radical (unpaired) electrons. The highest BCUT2D eigenvalue weighted by Gasteiger charge is 2.04. The lowest BCUT2D eigenvalue weighted by Gasteiger charge is -2.12. The first-order valence-corrected chi connectivity index (χ1v) is 8.52. The van der Waals surface area contributed by atoms with Gasteiger partial charge in [-0.25, -0.2) is 4.79 Å². The number of hydrogen-bond acceptors (Lipinski definition) is 4. The van der Waals surface area contributed by atoms with Crippen molar-refractivity contribution >= 4 is 35.9 Å². The van der Waals surface area contributed by atoms with Gasteiger partial charge in [-0.15, -0.1) is 24.0 Å². The molecule has 0 aliphatic carbocycles. The molecule has 2 aromatic rings. The molecule has 2 rings (SSSR count). The summed E-state index contributed by atoms with van der Waals surface area (Å²) in [6, 6.07) is 17.1. The van der Waals surface area contributed by atoms with Crippen LogP contribution in [0.25, 0.3) is 0 Å². The van der Waals surface area contributed by atoms with Crippen LogP contribution in [0, 0.1) is 0 Å². The number of hydrogen-bond donors (Lipinski definition) is 2. The van der Waals surface area contributed by atoms with E-state index in [4.69, 9.17) is 9.47 Å². The molecule has 0 amide bonds. The highest BCUT2D eigenvalue weighted by Crippen LogP contribution is 2.07. The van der Waals surface area contributed by atoms with E-state index in [2.05, 4.69) is 15.6 Å². The first kappa shape index (κ1) is 22.8. The summed E-state index contributed by atoms with van der Waals surface area (Å²) >= 11 is 0. The Balaban J connectivity index is 0.00000364. The van der Waals surface area contributed by atoms with Crippen LogP contribution in [0.5, 0.6) is 5.75 Å². The summed E-state index contributed by atoms with van der Waals surface area (Å²) in [6.45, 7) is 1.94. The first-order valence-electron chi connectivity index (χ1n) is 8.52. The molecule has 0 bridgehead atoms. The van der Waals surface area contributed by atoms with E-state index < -0.39 is 0 Å². The molecule has 0 spiro atoms. The van der Waals surface area contributed by atoms with E-state index >= 15 is 0 Å². The molecule has 0 saturated heterocycles. The van der Waals surface area contributed by atoms with Crippen molar-refractivity contribution in [3.63, 3.8) is 0 Å². The normalized spacial score (nSPS) is 10.5. The third-order valence-corrected chi connectivity index (χ3v) is 3.71. The lowest BCUT2D eigenvalue weighted by atomic mass is 10.1. The van der Waals surface area contributed by atoms with Crippen LogP contribution in [0.15, 0.2) is 59.6 Å². The molecule has 0 aliphatic rings. The lowest BCUT2D eigenvalue weighted by molar-refractivity contribution is 0.0600. The molecular weight excluding hydrogens is 457 g/mol. The Morgan fingerprint density at radius 1 is 1.00 bits per heavy atom. The summed E-state index contributed by atoms with van der Waals surface area (Å²) in [7, 11) is 3.11. The zero-order valence-electron chi connectivity index (χ0n) is 15.6. The van der Waals surface area contributed by atoms with E-state index in [1.165, 1.54) is 7.11 Å². The van der Waals surface area contributed by atoms with Gasteiger partial charge in [-0.1, -0.05) is 30.3 Å². The number of methoxy groups -OCH3 is 1. The summed E-state index contributed by atoms with van der Waals surface area (Å²) in [5, 5.41) is 6.47. The molecule has 7 heteroatoms. The van der Waals surface area contributed by atoms with Gasteiger partial charge in [0.05, 0.1) is 19.2 Å². The number of benzene rings is 2. The number of carbonyl (C=O) groups excluding carboxylic acids is 1. The van der Waals surface area contributed by atoms with E-state index in [1.54, 1.807) is 19.2 Å². The van der Waals surface area contributed by atoms with E-state index in [1.807, 2.05) is 42.5 Å². The summed E-state index contributed by atoms with van der Waals surface area (Å²) in [4.78, 5) is 15.6. The lowest BCUT2D eigenvalue weighted by Crippen LogP contribution is -2.40. The van der Waals surface area contributed by atoms with Gasteiger partial charge in [0.25, 0.3) is 0 Å². The van der Waals surface area contributed by atoms with Crippen molar-refractivity contribution in [3.05, 3.63) is 65.7 Å². The van der Waals surface area contributed by atoms with Crippen molar-refractivity contribution in [2.75, 3.05) is 33.9 Å². The first-order chi connectivity index (χ1) is 12.7. The average Bonchev–Trinajstić information content (AvgIpc) is 2.70. The highest BCUT2D eigenvalue weighted by molar-refractivity contribution is 14.0. The average molecular weight is 483 g/mol. The Hall–Kier alpha value is -2.29. The maximum absolute atomic E-state index is 11.4. The van der Waals surface area contributed by atoms with Crippen molar-refractivity contribution < 1.29 is 14.3 Å². The quantitative estimate of drug-likeness (QED) is 0.199. The van der Waals surface area contributed by atoms with Gasteiger partial charge >= 0.3 is 5.97 Å². The van der Waals surface area contributed by atoms with Crippen LogP contribution >= 0.6 is 24.0 Å². The molecule has 146 valence electrons. The van der Waals surface area contributed by atoms with Gasteiger partial charge < -0.3 is 20.1 Å². The van der Waals surface area contributed by atoms with E-state index in [0.29, 0.717) is 18.7 Å². The minimum absolute atomic E-state index is 0. The van der Waals surface area contributed by atoms with Crippen molar-refractivity contribution in [1.29, 1.82) is 0 Å². The smallest absolute Gasteiger partial charge is 0.337 e. The molecule has 0 fully saturated rings. The molecule has 0 aromatic heterocycles. The predicted molar refractivity (Wildman–Crippen MR) is 118 cm³/mol. The van der Waals surface area contributed by atoms with Crippen LogP contribution in [0.1, 0.15) is 15.9 Å². The van der Waals surface area contributed by atoms with Gasteiger partial charge in [-0.05, 0) is 36.2 Å². The molecule has 0 heterocycles. The van der Waals surface area contributed by atoms with Crippen molar-refractivity contribution in [3.8, 4) is 5.75 Å². The standard InChI is InChI=1S/C20H25N3O3.HI/c1-21-20(23-14-15-26-18-6-4-3-5-7-18)22-13-12-16-8-10-17(11-9-16)19(24)25-2;/h3-11H,12-15H2,1-2H3,(H2,21,22,23);1H. The number of esters is 1. The highest BCUT2D eigenvalue weighted by atomic mass is 127. The van der Waals surface area contributed by atoms with Crippen molar-refractivity contribution in [2.24, 2.45) is 4.99 Å². The van der Waals surface area contributed by atoms with Gasteiger partial charge in [0.1, 0.15) is 12.4 Å². The molecule has 2 N–H and O–H groups in total. The Morgan fingerprint density at radius 3 is 2.30 bits per heavy atom. The molecular formula is C20H26IN3O3. The topological polar surface area (TPSA) is 72.0 Å². The van der Waals surface area contributed by atoms with Crippen LogP contribution in [-0.4, -0.2) is 45.8 Å². The van der Waals surface area contributed by atoms with Crippen LogP contribution in [0.4, 0.5) is 0 Å². The van der Waals surface area contributed by atoms with Gasteiger partial charge in [0.15, 0.2) is 5.96 Å². The number of ether oxygens (including phenoxy) is 2. The minimum Gasteiger partial charge on any atom is -0.492 e. The fourth-order valence-corrected chi connectivity index (χ4v) is 2.33. The number of guanidine groups is 1. The molecule has 0 aliphatic heterocycles. The van der Waals surface area contributed by atoms with E-state index in [0.717, 1.165) is 30.2 Å². The Kier molecular flexibility index (Phi) is 10.9. The molecule has 2 aromatic carbocycles. The summed E-state index contributed by atoms with van der Waals surface area (Å²) in [6.07, 6.45) is 0.822. The number of carbonyl (C=O) groups is 1.